The second kappa shape index (κ2) is 4.75. The summed E-state index contributed by atoms with van der Waals surface area (Å²) in [5.74, 6) is 0.260. The number of ketones is 1. The smallest absolute Gasteiger partial charge is 0.363 e. The number of nitrogens with zero attached hydrogens (tertiary/aromatic N) is 2. The molecule has 0 aromatic carbocycles. The molecule has 1 aromatic rings. The van der Waals surface area contributed by atoms with E-state index in [-0.39, 0.29) is 17.9 Å². The molecule has 0 aliphatic carbocycles. The summed E-state index contributed by atoms with van der Waals surface area (Å²) in [6, 6.07) is 2.72. The third-order valence-electron chi connectivity index (χ3n) is 4.12. The minimum atomic E-state index is -4.41. The van der Waals surface area contributed by atoms with Crippen LogP contribution in [0.5, 0.6) is 0 Å². The van der Waals surface area contributed by atoms with E-state index in [1.54, 1.807) is 0 Å². The molecule has 3 rings (SSSR count). The molecule has 1 aromatic heterocycles. The van der Waals surface area contributed by atoms with Gasteiger partial charge in [-0.15, -0.1) is 0 Å². The maximum Gasteiger partial charge on any atom is 0.433 e. The number of halogens is 3. The minimum absolute atomic E-state index is 0.119. The fourth-order valence-corrected chi connectivity index (χ4v) is 3.30. The van der Waals surface area contributed by atoms with Gasteiger partial charge in [0.05, 0.1) is 11.9 Å². The number of piperidine rings is 2. The molecular formula is C14H15F3N2O. The second-order valence-corrected chi connectivity index (χ2v) is 5.49. The maximum absolute atomic E-state index is 12.5. The van der Waals surface area contributed by atoms with E-state index in [1.165, 1.54) is 12.3 Å². The Kier molecular flexibility index (Phi) is 3.18. The number of Topliss-reactive ketones (excluding diaryl/α,β-unsaturated/α-hetero) is 1. The molecule has 2 aliphatic rings. The molecule has 2 fully saturated rings. The van der Waals surface area contributed by atoms with Gasteiger partial charge in [0.2, 0.25) is 0 Å². The third-order valence-corrected chi connectivity index (χ3v) is 4.12. The molecular weight excluding hydrogens is 269 g/mol. The summed E-state index contributed by atoms with van der Waals surface area (Å²) in [6.07, 6.45) is 0.783. The van der Waals surface area contributed by atoms with Crippen LogP contribution in [-0.4, -0.2) is 22.9 Å². The predicted octanol–water partition coefficient (Wildman–Crippen LogP) is 3.19. The van der Waals surface area contributed by atoms with E-state index in [0.717, 1.165) is 25.3 Å². The number of fused-ring (bicyclic) bond motifs is 2. The molecule has 108 valence electrons. The van der Waals surface area contributed by atoms with Crippen molar-refractivity contribution in [3.8, 4) is 0 Å². The van der Waals surface area contributed by atoms with E-state index in [0.29, 0.717) is 18.5 Å². The zero-order chi connectivity index (χ0) is 14.3. The van der Waals surface area contributed by atoms with Gasteiger partial charge in [-0.25, -0.2) is 4.98 Å². The van der Waals surface area contributed by atoms with Crippen molar-refractivity contribution < 1.29 is 18.0 Å². The summed E-state index contributed by atoms with van der Waals surface area (Å²) >= 11 is 0. The molecule has 0 saturated carbocycles. The highest BCUT2D eigenvalue weighted by Crippen LogP contribution is 2.37. The first-order valence-electron chi connectivity index (χ1n) is 6.78. The Bertz CT molecular complexity index is 496. The molecule has 2 atom stereocenters. The van der Waals surface area contributed by atoms with Gasteiger partial charge in [0.1, 0.15) is 11.5 Å². The van der Waals surface area contributed by atoms with Gasteiger partial charge in [0.25, 0.3) is 0 Å². The summed E-state index contributed by atoms with van der Waals surface area (Å²) in [6.45, 7) is 0. The van der Waals surface area contributed by atoms with E-state index in [1.807, 2.05) is 0 Å². The van der Waals surface area contributed by atoms with Crippen molar-refractivity contribution in [3.63, 3.8) is 0 Å². The highest BCUT2D eigenvalue weighted by Gasteiger charge is 2.38. The van der Waals surface area contributed by atoms with Crippen LogP contribution in [0.2, 0.25) is 0 Å². The molecule has 3 heterocycles. The van der Waals surface area contributed by atoms with Gasteiger partial charge in [-0.05, 0) is 31.4 Å². The maximum atomic E-state index is 12.5. The summed E-state index contributed by atoms with van der Waals surface area (Å²) in [4.78, 5) is 17.3. The van der Waals surface area contributed by atoms with Gasteiger partial charge in [0, 0.05) is 24.9 Å². The molecule has 0 N–H and O–H groups in total. The Morgan fingerprint density at radius 3 is 2.30 bits per heavy atom. The predicted molar refractivity (Wildman–Crippen MR) is 67.4 cm³/mol. The summed E-state index contributed by atoms with van der Waals surface area (Å²) in [5, 5.41) is 0. The van der Waals surface area contributed by atoms with E-state index >= 15 is 0 Å². The molecule has 0 amide bonds. The molecule has 0 radical (unpaired) electrons. The lowest BCUT2D eigenvalue weighted by molar-refractivity contribution is -0.141. The van der Waals surface area contributed by atoms with Crippen molar-refractivity contribution in [2.45, 2.75) is 50.4 Å². The van der Waals surface area contributed by atoms with Crippen LogP contribution in [0.3, 0.4) is 0 Å². The average Bonchev–Trinajstić information content (AvgIpc) is 2.37. The topological polar surface area (TPSA) is 33.2 Å². The zero-order valence-corrected chi connectivity index (χ0v) is 10.9. The Morgan fingerprint density at radius 2 is 1.80 bits per heavy atom. The van der Waals surface area contributed by atoms with Crippen molar-refractivity contribution >= 4 is 11.5 Å². The van der Waals surface area contributed by atoms with Crippen LogP contribution in [0.4, 0.5) is 18.9 Å². The number of hydrogen-bond acceptors (Lipinski definition) is 3. The monoisotopic (exact) mass is 284 g/mol. The van der Waals surface area contributed by atoms with Gasteiger partial charge in [0.15, 0.2) is 0 Å². The van der Waals surface area contributed by atoms with Crippen LogP contribution < -0.4 is 4.90 Å². The van der Waals surface area contributed by atoms with Crippen molar-refractivity contribution in [2.24, 2.45) is 0 Å². The standard InChI is InChI=1S/C14H15F3N2O/c15-14(16,17)13-5-4-11(8-18-13)19-9-2-1-3-10(19)7-12(20)6-9/h4-5,8-10H,1-3,6-7H2. The van der Waals surface area contributed by atoms with E-state index < -0.39 is 11.9 Å². The second-order valence-electron chi connectivity index (χ2n) is 5.49. The highest BCUT2D eigenvalue weighted by atomic mass is 19.4. The van der Waals surface area contributed by atoms with Crippen molar-refractivity contribution in [1.29, 1.82) is 0 Å². The largest absolute Gasteiger partial charge is 0.433 e. The first kappa shape index (κ1) is 13.4. The minimum Gasteiger partial charge on any atom is -0.363 e. The molecule has 2 saturated heterocycles. The number of carbonyl (C=O) groups is 1. The molecule has 0 spiro atoms. The molecule has 2 aliphatic heterocycles. The number of rotatable bonds is 1. The van der Waals surface area contributed by atoms with Crippen LogP contribution >= 0.6 is 0 Å². The van der Waals surface area contributed by atoms with Crippen molar-refractivity contribution in [3.05, 3.63) is 24.0 Å². The van der Waals surface area contributed by atoms with Crippen molar-refractivity contribution in [1.82, 2.24) is 4.98 Å². The van der Waals surface area contributed by atoms with Crippen LogP contribution in [0.25, 0.3) is 0 Å². The number of anilines is 1. The number of hydrogen-bond donors (Lipinski definition) is 0. The molecule has 2 bridgehead atoms. The van der Waals surface area contributed by atoms with Crippen LogP contribution in [0.15, 0.2) is 18.3 Å². The molecule has 20 heavy (non-hydrogen) atoms. The van der Waals surface area contributed by atoms with E-state index in [4.69, 9.17) is 0 Å². The normalized spacial score (nSPS) is 26.8. The van der Waals surface area contributed by atoms with Crippen molar-refractivity contribution in [2.75, 3.05) is 4.90 Å². The van der Waals surface area contributed by atoms with Gasteiger partial charge >= 0.3 is 6.18 Å². The molecule has 6 heteroatoms. The SMILES string of the molecule is O=C1CC2CCCC(C1)N2c1ccc(C(F)(F)F)nc1. The Hall–Kier alpha value is -1.59. The van der Waals surface area contributed by atoms with E-state index in [2.05, 4.69) is 9.88 Å². The highest BCUT2D eigenvalue weighted by molar-refractivity contribution is 5.82. The Balaban J connectivity index is 1.87. The fraction of sp³-hybridized carbons (Fsp3) is 0.571. The summed E-state index contributed by atoms with van der Waals surface area (Å²) < 4.78 is 37.6. The third kappa shape index (κ3) is 2.39. The lowest BCUT2D eigenvalue weighted by atomic mass is 9.83. The Morgan fingerprint density at radius 1 is 1.15 bits per heavy atom. The molecule has 2 unspecified atom stereocenters. The van der Waals surface area contributed by atoms with Gasteiger partial charge in [-0.2, -0.15) is 13.2 Å². The average molecular weight is 284 g/mol. The zero-order valence-electron chi connectivity index (χ0n) is 10.9. The van der Waals surface area contributed by atoms with Crippen LogP contribution in [-0.2, 0) is 11.0 Å². The fourth-order valence-electron chi connectivity index (χ4n) is 3.30. The quantitative estimate of drug-likeness (QED) is 0.794. The lowest BCUT2D eigenvalue weighted by Crippen LogP contribution is -2.52. The summed E-state index contributed by atoms with van der Waals surface area (Å²) in [7, 11) is 0. The van der Waals surface area contributed by atoms with E-state index in [9.17, 15) is 18.0 Å². The number of pyridine rings is 1. The molecule has 3 nitrogen and oxygen atoms in total. The Labute approximate surface area is 114 Å². The van der Waals surface area contributed by atoms with Crippen LogP contribution in [0.1, 0.15) is 37.8 Å². The number of aromatic nitrogens is 1. The number of carbonyl (C=O) groups excluding carboxylic acids is 1. The summed E-state index contributed by atoms with van der Waals surface area (Å²) in [5.41, 5.74) is -0.181. The lowest BCUT2D eigenvalue weighted by Gasteiger charge is -2.46. The van der Waals surface area contributed by atoms with Crippen LogP contribution in [0, 0.1) is 0 Å². The first-order valence-corrected chi connectivity index (χ1v) is 6.78. The first-order chi connectivity index (χ1) is 9.45. The van der Waals surface area contributed by atoms with Gasteiger partial charge < -0.3 is 4.90 Å². The van der Waals surface area contributed by atoms with Gasteiger partial charge in [-0.3, -0.25) is 4.79 Å². The number of alkyl halides is 3. The van der Waals surface area contributed by atoms with Gasteiger partial charge in [-0.1, -0.05) is 0 Å².